The Hall–Kier alpha value is -2.61. The van der Waals surface area contributed by atoms with Crippen molar-refractivity contribution in [1.29, 1.82) is 0 Å². The molecule has 1 saturated heterocycles. The molecule has 146 valence electrons. The standard InChI is InChI=1S/C19H25N3O5/c1-26-12-13-27-15-6-4-14(5-7-15)20-16(23)8-11-22-17(24)19(21-18(22)25)9-2-3-10-19/h4-7H,2-3,8-13H2,1H3,(H,20,23)(H,21,25). The van der Waals surface area contributed by atoms with E-state index in [1.165, 1.54) is 0 Å². The third-order valence-electron chi connectivity index (χ3n) is 4.96. The zero-order valence-corrected chi connectivity index (χ0v) is 15.5. The second kappa shape index (κ2) is 8.39. The van der Waals surface area contributed by atoms with Crippen LogP contribution in [0.15, 0.2) is 24.3 Å². The van der Waals surface area contributed by atoms with Gasteiger partial charge in [0, 0.05) is 25.8 Å². The first-order valence-corrected chi connectivity index (χ1v) is 9.20. The molecule has 2 N–H and O–H groups in total. The summed E-state index contributed by atoms with van der Waals surface area (Å²) in [5, 5.41) is 5.57. The summed E-state index contributed by atoms with van der Waals surface area (Å²) in [5.74, 6) is 0.234. The molecule has 1 saturated carbocycles. The van der Waals surface area contributed by atoms with Crippen LogP contribution in [0.4, 0.5) is 10.5 Å². The lowest BCUT2D eigenvalue weighted by molar-refractivity contribution is -0.131. The maximum atomic E-state index is 12.5. The van der Waals surface area contributed by atoms with Crippen LogP contribution in [0.25, 0.3) is 0 Å². The van der Waals surface area contributed by atoms with Crippen molar-refractivity contribution in [2.45, 2.75) is 37.6 Å². The number of imide groups is 1. The molecule has 3 rings (SSSR count). The van der Waals surface area contributed by atoms with Crippen molar-refractivity contribution in [3.8, 4) is 5.75 Å². The van der Waals surface area contributed by atoms with Crippen LogP contribution in [0.3, 0.4) is 0 Å². The first-order valence-electron chi connectivity index (χ1n) is 9.20. The van der Waals surface area contributed by atoms with Gasteiger partial charge in [-0.15, -0.1) is 0 Å². The molecule has 1 aliphatic heterocycles. The number of methoxy groups -OCH3 is 1. The third kappa shape index (κ3) is 4.39. The van der Waals surface area contributed by atoms with Crippen molar-refractivity contribution in [2.75, 3.05) is 32.2 Å². The highest BCUT2D eigenvalue weighted by Crippen LogP contribution is 2.35. The minimum absolute atomic E-state index is 0.0569. The summed E-state index contributed by atoms with van der Waals surface area (Å²) < 4.78 is 10.4. The van der Waals surface area contributed by atoms with E-state index in [-0.39, 0.29) is 24.8 Å². The molecule has 0 aromatic heterocycles. The number of nitrogens with one attached hydrogen (secondary N) is 2. The molecule has 0 radical (unpaired) electrons. The molecule has 2 aliphatic rings. The summed E-state index contributed by atoms with van der Waals surface area (Å²) in [4.78, 5) is 38.0. The highest BCUT2D eigenvalue weighted by molar-refractivity contribution is 6.07. The molecule has 2 fully saturated rings. The Morgan fingerprint density at radius 3 is 2.56 bits per heavy atom. The quantitative estimate of drug-likeness (QED) is 0.534. The summed E-state index contributed by atoms with van der Waals surface area (Å²) in [6.45, 7) is 1.04. The van der Waals surface area contributed by atoms with Gasteiger partial charge in [0.25, 0.3) is 5.91 Å². The number of amides is 4. The number of carbonyl (C=O) groups is 3. The topological polar surface area (TPSA) is 97.0 Å². The SMILES string of the molecule is COCCOc1ccc(NC(=O)CCN2C(=O)NC3(CCCC3)C2=O)cc1. The molecule has 8 heteroatoms. The molecule has 27 heavy (non-hydrogen) atoms. The Morgan fingerprint density at radius 2 is 1.89 bits per heavy atom. The number of benzene rings is 1. The first-order chi connectivity index (χ1) is 13.0. The van der Waals surface area contributed by atoms with Gasteiger partial charge in [-0.2, -0.15) is 0 Å². The van der Waals surface area contributed by atoms with E-state index in [4.69, 9.17) is 9.47 Å². The van der Waals surface area contributed by atoms with E-state index in [2.05, 4.69) is 10.6 Å². The van der Waals surface area contributed by atoms with Crippen LogP contribution in [0.1, 0.15) is 32.1 Å². The maximum absolute atomic E-state index is 12.5. The summed E-state index contributed by atoms with van der Waals surface area (Å²) in [6, 6.07) is 6.59. The molecule has 0 bridgehead atoms. The lowest BCUT2D eigenvalue weighted by Gasteiger charge is -2.19. The minimum Gasteiger partial charge on any atom is -0.491 e. The van der Waals surface area contributed by atoms with Gasteiger partial charge in [0.2, 0.25) is 5.91 Å². The molecule has 4 amide bonds. The summed E-state index contributed by atoms with van der Waals surface area (Å²) in [5.41, 5.74) is -0.102. The van der Waals surface area contributed by atoms with Crippen molar-refractivity contribution in [3.63, 3.8) is 0 Å². The van der Waals surface area contributed by atoms with Gasteiger partial charge in [-0.3, -0.25) is 14.5 Å². The Bertz CT molecular complexity index is 698. The van der Waals surface area contributed by atoms with E-state index in [1.54, 1.807) is 31.4 Å². The van der Waals surface area contributed by atoms with E-state index in [1.807, 2.05) is 0 Å². The Balaban J connectivity index is 1.47. The molecule has 1 aliphatic carbocycles. The minimum atomic E-state index is -0.730. The average Bonchev–Trinajstić information content (AvgIpc) is 3.21. The lowest BCUT2D eigenvalue weighted by Crippen LogP contribution is -2.44. The largest absolute Gasteiger partial charge is 0.491 e. The predicted octanol–water partition coefficient (Wildman–Crippen LogP) is 1.90. The van der Waals surface area contributed by atoms with Gasteiger partial charge in [-0.1, -0.05) is 12.8 Å². The molecule has 1 aromatic carbocycles. The highest BCUT2D eigenvalue weighted by atomic mass is 16.5. The van der Waals surface area contributed by atoms with Crippen molar-refractivity contribution in [2.24, 2.45) is 0 Å². The number of anilines is 1. The average molecular weight is 375 g/mol. The number of urea groups is 1. The van der Waals surface area contributed by atoms with E-state index in [0.717, 1.165) is 17.7 Å². The molecule has 0 unspecified atom stereocenters. The third-order valence-corrected chi connectivity index (χ3v) is 4.96. The van der Waals surface area contributed by atoms with E-state index < -0.39 is 11.6 Å². The number of hydrogen-bond donors (Lipinski definition) is 2. The number of carbonyl (C=O) groups excluding carboxylic acids is 3. The number of ether oxygens (including phenoxy) is 2. The highest BCUT2D eigenvalue weighted by Gasteiger charge is 2.52. The fourth-order valence-corrected chi connectivity index (χ4v) is 3.51. The van der Waals surface area contributed by atoms with Gasteiger partial charge in [0.1, 0.15) is 17.9 Å². The van der Waals surface area contributed by atoms with Crippen LogP contribution in [0.5, 0.6) is 5.75 Å². The van der Waals surface area contributed by atoms with Crippen LogP contribution >= 0.6 is 0 Å². The Labute approximate surface area is 158 Å². The van der Waals surface area contributed by atoms with Crippen LogP contribution in [0.2, 0.25) is 0 Å². The van der Waals surface area contributed by atoms with Gasteiger partial charge >= 0.3 is 6.03 Å². The second-order valence-electron chi connectivity index (χ2n) is 6.84. The van der Waals surface area contributed by atoms with Gasteiger partial charge in [0.15, 0.2) is 0 Å². The first kappa shape index (κ1) is 19.2. The molecular formula is C19H25N3O5. The van der Waals surface area contributed by atoms with Crippen molar-refractivity contribution in [3.05, 3.63) is 24.3 Å². The van der Waals surface area contributed by atoms with E-state index in [9.17, 15) is 14.4 Å². The number of nitrogens with zero attached hydrogens (tertiary/aromatic N) is 1. The zero-order valence-electron chi connectivity index (χ0n) is 15.5. The Kier molecular flexibility index (Phi) is 5.95. The van der Waals surface area contributed by atoms with Crippen LogP contribution in [-0.2, 0) is 14.3 Å². The molecular weight excluding hydrogens is 350 g/mol. The molecule has 0 atom stereocenters. The normalized spacial score (nSPS) is 18.0. The summed E-state index contributed by atoms with van der Waals surface area (Å²) in [7, 11) is 1.61. The monoisotopic (exact) mass is 375 g/mol. The molecule has 1 spiro atoms. The number of rotatable bonds is 8. The van der Waals surface area contributed by atoms with Crippen LogP contribution < -0.4 is 15.4 Å². The van der Waals surface area contributed by atoms with Gasteiger partial charge in [-0.05, 0) is 37.1 Å². The van der Waals surface area contributed by atoms with Gasteiger partial charge in [-0.25, -0.2) is 4.79 Å². The maximum Gasteiger partial charge on any atom is 0.325 e. The predicted molar refractivity (Wildman–Crippen MR) is 98.5 cm³/mol. The Morgan fingerprint density at radius 1 is 1.19 bits per heavy atom. The molecule has 1 aromatic rings. The second-order valence-corrected chi connectivity index (χ2v) is 6.84. The smallest absolute Gasteiger partial charge is 0.325 e. The van der Waals surface area contributed by atoms with E-state index >= 15 is 0 Å². The van der Waals surface area contributed by atoms with Gasteiger partial charge < -0.3 is 20.1 Å². The summed E-state index contributed by atoms with van der Waals surface area (Å²) in [6.07, 6.45) is 3.29. The zero-order chi connectivity index (χ0) is 19.3. The number of hydrogen-bond acceptors (Lipinski definition) is 5. The van der Waals surface area contributed by atoms with Crippen LogP contribution in [0, 0.1) is 0 Å². The van der Waals surface area contributed by atoms with Crippen molar-refractivity contribution >= 4 is 23.5 Å². The van der Waals surface area contributed by atoms with Gasteiger partial charge in [0.05, 0.1) is 6.61 Å². The lowest BCUT2D eigenvalue weighted by atomic mass is 9.98. The van der Waals surface area contributed by atoms with Crippen molar-refractivity contribution in [1.82, 2.24) is 10.2 Å². The fourth-order valence-electron chi connectivity index (χ4n) is 3.51. The fraction of sp³-hybridized carbons (Fsp3) is 0.526. The summed E-state index contributed by atoms with van der Waals surface area (Å²) >= 11 is 0. The van der Waals surface area contributed by atoms with E-state index in [0.29, 0.717) is 37.5 Å². The van der Waals surface area contributed by atoms with Crippen LogP contribution in [-0.4, -0.2) is 55.2 Å². The van der Waals surface area contributed by atoms with Crippen molar-refractivity contribution < 1.29 is 23.9 Å². The molecule has 1 heterocycles. The molecule has 8 nitrogen and oxygen atoms in total.